The molecule has 2 atom stereocenters. The fourth-order valence-electron chi connectivity index (χ4n) is 2.52. The first-order valence-corrected chi connectivity index (χ1v) is 12.1. The lowest BCUT2D eigenvalue weighted by atomic mass is 10.3. The first-order chi connectivity index (χ1) is 19.8. The summed E-state index contributed by atoms with van der Waals surface area (Å²) in [7, 11) is 0. The van der Waals surface area contributed by atoms with Crippen molar-refractivity contribution in [2.24, 2.45) is 0 Å². The fourth-order valence-corrected chi connectivity index (χ4v) is 2.52. The topological polar surface area (TPSA) is 182 Å². The van der Waals surface area contributed by atoms with Crippen molar-refractivity contribution in [2.45, 2.75) is 26.1 Å². The maximum atomic E-state index is 12.4. The summed E-state index contributed by atoms with van der Waals surface area (Å²) < 4.78 is 30.0. The zero-order valence-electron chi connectivity index (χ0n) is 23.2. The van der Waals surface area contributed by atoms with Crippen LogP contribution in [0.15, 0.2) is 73.9 Å². The van der Waals surface area contributed by atoms with Crippen LogP contribution < -0.4 is 10.6 Å². The molecule has 1 aromatic carbocycles. The molecule has 14 heteroatoms. The van der Waals surface area contributed by atoms with Gasteiger partial charge in [0.1, 0.15) is 26.4 Å². The number of anilines is 2. The Bertz CT molecular complexity index is 1110. The van der Waals surface area contributed by atoms with Gasteiger partial charge in [-0.2, -0.15) is 0 Å². The second kappa shape index (κ2) is 18.0. The Morgan fingerprint density at radius 3 is 1.24 bits per heavy atom. The van der Waals surface area contributed by atoms with Gasteiger partial charge in [-0.1, -0.05) is 26.3 Å². The van der Waals surface area contributed by atoms with E-state index in [0.717, 1.165) is 12.2 Å². The summed E-state index contributed by atoms with van der Waals surface area (Å²) in [6.45, 7) is 14.6. The molecule has 226 valence electrons. The molecule has 0 saturated heterocycles. The second-order valence-electron chi connectivity index (χ2n) is 8.31. The summed E-state index contributed by atoms with van der Waals surface area (Å²) in [6, 6.07) is 5.68. The number of esters is 4. The highest BCUT2D eigenvalue weighted by Gasteiger charge is 2.21. The van der Waals surface area contributed by atoms with Gasteiger partial charge in [0.2, 0.25) is 0 Å². The molecule has 1 rings (SSSR count). The molecule has 1 aromatic rings. The van der Waals surface area contributed by atoms with Gasteiger partial charge < -0.3 is 28.4 Å². The SMILES string of the molecule is C=CC(=O)OCC(COC(=O)C(=C)C)OC(=O)Nc1ccc(NC(=O)OC(COC(=O)C=C)COC(=O)C(=C)C)cc1. The molecule has 2 amide bonds. The molecule has 0 radical (unpaired) electrons. The van der Waals surface area contributed by atoms with E-state index in [0.29, 0.717) is 0 Å². The second-order valence-corrected chi connectivity index (χ2v) is 8.31. The largest absolute Gasteiger partial charge is 0.458 e. The predicted octanol–water partition coefficient (Wildman–Crippen LogP) is 3.22. The first kappa shape index (κ1) is 34.6. The molecule has 2 N–H and O–H groups in total. The Morgan fingerprint density at radius 1 is 0.643 bits per heavy atom. The fraction of sp³-hybridized carbons (Fsp3) is 0.286. The van der Waals surface area contributed by atoms with Crippen LogP contribution in [0.3, 0.4) is 0 Å². The van der Waals surface area contributed by atoms with Crippen molar-refractivity contribution in [1.29, 1.82) is 0 Å². The first-order valence-electron chi connectivity index (χ1n) is 12.1. The number of hydrogen-bond donors (Lipinski definition) is 2. The average molecular weight is 589 g/mol. The molecule has 2 unspecified atom stereocenters. The van der Waals surface area contributed by atoms with Crippen LogP contribution in [0.4, 0.5) is 21.0 Å². The molecule has 0 aliphatic carbocycles. The van der Waals surface area contributed by atoms with E-state index in [1.807, 2.05) is 0 Å². The van der Waals surface area contributed by atoms with Crippen molar-refractivity contribution in [3.05, 3.63) is 73.9 Å². The van der Waals surface area contributed by atoms with Crippen LogP contribution in [0, 0.1) is 0 Å². The van der Waals surface area contributed by atoms with Gasteiger partial charge in [0, 0.05) is 34.7 Å². The number of rotatable bonds is 16. The summed E-state index contributed by atoms with van der Waals surface area (Å²) in [4.78, 5) is 70.7. The molecule has 0 fully saturated rings. The third-order valence-electron chi connectivity index (χ3n) is 4.58. The molecule has 0 spiro atoms. The quantitative estimate of drug-likeness (QED) is 0.164. The molecule has 0 aliphatic rings. The number of nitrogens with one attached hydrogen (secondary N) is 2. The Hall–Kier alpha value is -5.40. The molecule has 0 saturated carbocycles. The zero-order valence-corrected chi connectivity index (χ0v) is 23.2. The summed E-state index contributed by atoms with van der Waals surface area (Å²) in [5.74, 6) is -2.99. The lowest BCUT2D eigenvalue weighted by Gasteiger charge is -2.18. The maximum Gasteiger partial charge on any atom is 0.412 e. The molecular formula is C28H32N2O12. The van der Waals surface area contributed by atoms with E-state index in [1.54, 1.807) is 0 Å². The van der Waals surface area contributed by atoms with Gasteiger partial charge in [-0.25, -0.2) is 28.8 Å². The van der Waals surface area contributed by atoms with E-state index >= 15 is 0 Å². The van der Waals surface area contributed by atoms with E-state index < -0.39 is 74.7 Å². The molecule has 0 heterocycles. The Kier molecular flexibility index (Phi) is 14.9. The molecule has 0 bridgehead atoms. The third kappa shape index (κ3) is 14.1. The molecule has 0 aromatic heterocycles. The molecule has 42 heavy (non-hydrogen) atoms. The Labute approximate surface area is 241 Å². The van der Waals surface area contributed by atoms with E-state index in [9.17, 15) is 28.8 Å². The zero-order chi connectivity index (χ0) is 31.7. The minimum absolute atomic E-state index is 0.122. The summed E-state index contributed by atoms with van der Waals surface area (Å²) >= 11 is 0. The van der Waals surface area contributed by atoms with Crippen LogP contribution in [0.5, 0.6) is 0 Å². The molecular weight excluding hydrogens is 556 g/mol. The van der Waals surface area contributed by atoms with Crippen molar-refractivity contribution in [3.63, 3.8) is 0 Å². The van der Waals surface area contributed by atoms with Crippen molar-refractivity contribution >= 4 is 47.4 Å². The monoisotopic (exact) mass is 588 g/mol. The van der Waals surface area contributed by atoms with Gasteiger partial charge in [-0.05, 0) is 38.1 Å². The number of ether oxygens (including phenoxy) is 6. The molecule has 14 nitrogen and oxygen atoms in total. The highest BCUT2D eigenvalue weighted by molar-refractivity contribution is 5.89. The van der Waals surface area contributed by atoms with E-state index in [-0.39, 0.29) is 22.5 Å². The maximum absolute atomic E-state index is 12.4. The third-order valence-corrected chi connectivity index (χ3v) is 4.58. The Balaban J connectivity index is 2.73. The van der Waals surface area contributed by atoms with Gasteiger partial charge >= 0.3 is 36.1 Å². The number of amides is 2. The minimum atomic E-state index is -1.14. The summed E-state index contributed by atoms with van der Waals surface area (Å²) in [6.07, 6.45) is -2.36. The highest BCUT2D eigenvalue weighted by atomic mass is 16.6. The van der Waals surface area contributed by atoms with Crippen molar-refractivity contribution in [1.82, 2.24) is 0 Å². The van der Waals surface area contributed by atoms with Crippen LogP contribution in [0.1, 0.15) is 13.8 Å². The Morgan fingerprint density at radius 2 is 0.952 bits per heavy atom. The van der Waals surface area contributed by atoms with Crippen molar-refractivity contribution < 1.29 is 57.2 Å². The van der Waals surface area contributed by atoms with E-state index in [4.69, 9.17) is 28.4 Å². The number of carbonyl (C=O) groups excluding carboxylic acids is 6. The van der Waals surface area contributed by atoms with E-state index in [1.165, 1.54) is 38.1 Å². The van der Waals surface area contributed by atoms with Crippen LogP contribution in [-0.2, 0) is 47.6 Å². The normalized spacial score (nSPS) is 11.3. The number of hydrogen-bond acceptors (Lipinski definition) is 12. The number of carbonyl (C=O) groups is 6. The van der Waals surface area contributed by atoms with Crippen LogP contribution in [0.2, 0.25) is 0 Å². The van der Waals surface area contributed by atoms with E-state index in [2.05, 4.69) is 36.9 Å². The average Bonchev–Trinajstić information content (AvgIpc) is 2.95. The van der Waals surface area contributed by atoms with Crippen molar-refractivity contribution in [3.8, 4) is 0 Å². The number of benzene rings is 1. The van der Waals surface area contributed by atoms with Gasteiger partial charge in [0.05, 0.1) is 0 Å². The van der Waals surface area contributed by atoms with Gasteiger partial charge in [-0.3, -0.25) is 10.6 Å². The summed E-state index contributed by atoms with van der Waals surface area (Å²) in [5.41, 5.74) is 0.745. The van der Waals surface area contributed by atoms with Crippen LogP contribution in [0.25, 0.3) is 0 Å². The van der Waals surface area contributed by atoms with Crippen LogP contribution in [-0.4, -0.2) is 74.7 Å². The van der Waals surface area contributed by atoms with Crippen LogP contribution >= 0.6 is 0 Å². The standard InChI is InChI=1S/C28H32N2O12/c1-7-23(31)37-13-21(15-39-25(33)17(3)4)41-27(35)29-19-9-11-20(12-10-19)30-28(36)42-22(14-38-24(32)8-2)16-40-26(34)18(5)6/h7-12,21-22H,1-3,5,13-16H2,4,6H3,(H,29,35)(H,30,36). The lowest BCUT2D eigenvalue weighted by Crippen LogP contribution is -2.32. The van der Waals surface area contributed by atoms with Gasteiger partial charge in [-0.15, -0.1) is 0 Å². The lowest BCUT2D eigenvalue weighted by molar-refractivity contribution is -0.148. The smallest absolute Gasteiger partial charge is 0.412 e. The van der Waals surface area contributed by atoms with Gasteiger partial charge in [0.25, 0.3) is 0 Å². The van der Waals surface area contributed by atoms with Gasteiger partial charge in [0.15, 0.2) is 12.2 Å². The predicted molar refractivity (Wildman–Crippen MR) is 148 cm³/mol. The summed E-state index contributed by atoms with van der Waals surface area (Å²) in [5, 5.41) is 4.86. The molecule has 0 aliphatic heterocycles. The highest BCUT2D eigenvalue weighted by Crippen LogP contribution is 2.15. The van der Waals surface area contributed by atoms with Crippen molar-refractivity contribution in [2.75, 3.05) is 37.1 Å². The minimum Gasteiger partial charge on any atom is -0.458 e.